The lowest BCUT2D eigenvalue weighted by molar-refractivity contribution is 0.0696. The molecule has 1 N–H and O–H groups in total. The van der Waals surface area contributed by atoms with Crippen LogP contribution in [0.2, 0.25) is 0 Å². The molecule has 0 aromatic heterocycles. The quantitative estimate of drug-likeness (QED) is 0.794. The molecule has 0 fully saturated rings. The lowest BCUT2D eigenvalue weighted by Crippen LogP contribution is -2.45. The Hall–Kier alpha value is -2.22. The Balaban J connectivity index is 2.47. The molecule has 17 heavy (non-hydrogen) atoms. The molecule has 2 unspecified atom stereocenters. The number of ether oxygens (including phenoxy) is 1. The number of rotatable bonds is 1. The van der Waals surface area contributed by atoms with Crippen LogP contribution in [0.3, 0.4) is 0 Å². The fraction of sp³-hybridized carbons (Fsp3) is 0.333. The van der Waals surface area contributed by atoms with Gasteiger partial charge in [-0.15, -0.1) is 0 Å². The van der Waals surface area contributed by atoms with Gasteiger partial charge in [0, 0.05) is 7.05 Å². The van der Waals surface area contributed by atoms with E-state index in [1.165, 1.54) is 6.07 Å². The van der Waals surface area contributed by atoms with Gasteiger partial charge >= 0.3 is 5.97 Å². The number of hydrogen-bond acceptors (Lipinski definition) is 4. The molecule has 0 aliphatic carbocycles. The highest BCUT2D eigenvalue weighted by Gasteiger charge is 2.31. The van der Waals surface area contributed by atoms with Crippen molar-refractivity contribution in [2.24, 2.45) is 0 Å². The Bertz CT molecular complexity index is 507. The van der Waals surface area contributed by atoms with Gasteiger partial charge in [0.15, 0.2) is 0 Å². The molecule has 0 amide bonds. The van der Waals surface area contributed by atoms with Crippen LogP contribution < -0.4 is 9.64 Å². The van der Waals surface area contributed by atoms with Gasteiger partial charge < -0.3 is 14.7 Å². The van der Waals surface area contributed by atoms with E-state index >= 15 is 0 Å². The molecule has 2 atom stereocenters. The second-order valence-corrected chi connectivity index (χ2v) is 4.01. The van der Waals surface area contributed by atoms with Gasteiger partial charge in [0.05, 0.1) is 17.3 Å². The molecule has 1 heterocycles. The Labute approximate surface area is 98.8 Å². The maximum absolute atomic E-state index is 10.9. The number of nitrogens with zero attached hydrogens (tertiary/aromatic N) is 2. The van der Waals surface area contributed by atoms with Crippen LogP contribution in [-0.4, -0.2) is 30.3 Å². The predicted molar refractivity (Wildman–Crippen MR) is 61.3 cm³/mol. The van der Waals surface area contributed by atoms with Crippen molar-refractivity contribution in [1.29, 1.82) is 5.26 Å². The number of likely N-dealkylation sites (N-methyl/N-ethyl adjacent to an activating group) is 1. The largest absolute Gasteiger partial charge is 0.478 e. The van der Waals surface area contributed by atoms with E-state index in [1.807, 2.05) is 18.9 Å². The lowest BCUT2D eigenvalue weighted by atomic mass is 10.1. The monoisotopic (exact) mass is 232 g/mol. The standard InChI is InChI=1S/C12H12N2O3/c1-7-11(6-13)17-10-4-3-8(12(15)16)5-9(10)14(7)2/h3-5,7,11H,1-2H3,(H,15,16). The van der Waals surface area contributed by atoms with E-state index in [2.05, 4.69) is 6.07 Å². The van der Waals surface area contributed by atoms with E-state index in [0.717, 1.165) is 0 Å². The van der Waals surface area contributed by atoms with E-state index in [9.17, 15) is 4.79 Å². The molecule has 0 radical (unpaired) electrons. The number of aromatic carboxylic acids is 1. The molecule has 0 spiro atoms. The first-order valence-electron chi connectivity index (χ1n) is 5.21. The van der Waals surface area contributed by atoms with E-state index in [-0.39, 0.29) is 11.6 Å². The number of carbonyl (C=O) groups is 1. The highest BCUT2D eigenvalue weighted by Crippen LogP contribution is 2.35. The summed E-state index contributed by atoms with van der Waals surface area (Å²) in [6.45, 7) is 1.87. The lowest BCUT2D eigenvalue weighted by Gasteiger charge is -2.36. The molecule has 0 bridgehead atoms. The Morgan fingerprint density at radius 3 is 2.88 bits per heavy atom. The molecular formula is C12H12N2O3. The van der Waals surface area contributed by atoms with Crippen LogP contribution in [-0.2, 0) is 0 Å². The first-order chi connectivity index (χ1) is 8.04. The number of nitriles is 1. The minimum absolute atomic E-state index is 0.114. The van der Waals surface area contributed by atoms with Crippen molar-refractivity contribution in [2.45, 2.75) is 19.1 Å². The predicted octanol–water partition coefficient (Wildman–Crippen LogP) is 1.49. The summed E-state index contributed by atoms with van der Waals surface area (Å²) in [5.41, 5.74) is 0.908. The molecule has 1 aromatic carbocycles. The molecule has 1 aliphatic heterocycles. The van der Waals surface area contributed by atoms with E-state index < -0.39 is 12.1 Å². The number of carboxylic acid groups (broad SMARTS) is 1. The van der Waals surface area contributed by atoms with Gasteiger partial charge in [-0.05, 0) is 25.1 Å². The fourth-order valence-corrected chi connectivity index (χ4v) is 1.82. The van der Waals surface area contributed by atoms with Gasteiger partial charge in [0.1, 0.15) is 11.8 Å². The Kier molecular flexibility index (Phi) is 2.64. The smallest absolute Gasteiger partial charge is 0.335 e. The third-order valence-corrected chi connectivity index (χ3v) is 3.02. The number of carboxylic acids is 1. The first-order valence-corrected chi connectivity index (χ1v) is 5.21. The average molecular weight is 232 g/mol. The first kappa shape index (κ1) is 11.3. The summed E-state index contributed by atoms with van der Waals surface area (Å²) >= 11 is 0. The number of hydrogen-bond donors (Lipinski definition) is 1. The van der Waals surface area contributed by atoms with Crippen LogP contribution >= 0.6 is 0 Å². The normalized spacial score (nSPS) is 22.3. The van der Waals surface area contributed by atoms with E-state index in [4.69, 9.17) is 15.1 Å². The number of benzene rings is 1. The topological polar surface area (TPSA) is 73.6 Å². The summed E-state index contributed by atoms with van der Waals surface area (Å²) in [4.78, 5) is 12.7. The summed E-state index contributed by atoms with van der Waals surface area (Å²) in [5, 5.41) is 17.9. The molecule has 2 rings (SSSR count). The zero-order chi connectivity index (χ0) is 12.6. The van der Waals surface area contributed by atoms with Crippen molar-refractivity contribution in [3.05, 3.63) is 23.8 Å². The number of fused-ring (bicyclic) bond motifs is 1. The highest BCUT2D eigenvalue weighted by atomic mass is 16.5. The molecule has 0 saturated carbocycles. The summed E-state index contributed by atoms with van der Waals surface area (Å²) < 4.78 is 5.50. The third kappa shape index (κ3) is 1.78. The van der Waals surface area contributed by atoms with Crippen LogP contribution in [0.1, 0.15) is 17.3 Å². The van der Waals surface area contributed by atoms with Crippen molar-refractivity contribution < 1.29 is 14.6 Å². The van der Waals surface area contributed by atoms with Crippen LogP contribution in [0.4, 0.5) is 5.69 Å². The van der Waals surface area contributed by atoms with E-state index in [0.29, 0.717) is 11.4 Å². The summed E-state index contributed by atoms with van der Waals surface area (Å²) in [6, 6.07) is 6.59. The van der Waals surface area contributed by atoms with Crippen molar-refractivity contribution in [1.82, 2.24) is 0 Å². The van der Waals surface area contributed by atoms with Crippen LogP contribution in [0, 0.1) is 11.3 Å². The van der Waals surface area contributed by atoms with Gasteiger partial charge in [-0.1, -0.05) is 0 Å². The molecule has 5 heteroatoms. The number of anilines is 1. The second kappa shape index (κ2) is 3.98. The van der Waals surface area contributed by atoms with Crippen molar-refractivity contribution >= 4 is 11.7 Å². The van der Waals surface area contributed by atoms with E-state index in [1.54, 1.807) is 12.1 Å². The summed E-state index contributed by atoms with van der Waals surface area (Å²) in [7, 11) is 1.82. The maximum atomic E-state index is 10.9. The molecule has 5 nitrogen and oxygen atoms in total. The summed E-state index contributed by atoms with van der Waals surface area (Å²) in [6.07, 6.45) is -0.539. The zero-order valence-corrected chi connectivity index (χ0v) is 9.54. The van der Waals surface area contributed by atoms with Gasteiger partial charge in [0.25, 0.3) is 0 Å². The van der Waals surface area contributed by atoms with Crippen molar-refractivity contribution in [3.63, 3.8) is 0 Å². The average Bonchev–Trinajstić information content (AvgIpc) is 2.33. The maximum Gasteiger partial charge on any atom is 0.335 e. The van der Waals surface area contributed by atoms with Crippen LogP contribution in [0.25, 0.3) is 0 Å². The van der Waals surface area contributed by atoms with Crippen molar-refractivity contribution in [2.75, 3.05) is 11.9 Å². The Morgan fingerprint density at radius 2 is 2.29 bits per heavy atom. The Morgan fingerprint density at radius 1 is 1.59 bits per heavy atom. The third-order valence-electron chi connectivity index (χ3n) is 3.02. The van der Waals surface area contributed by atoms with Crippen LogP contribution in [0.15, 0.2) is 18.2 Å². The second-order valence-electron chi connectivity index (χ2n) is 4.01. The minimum Gasteiger partial charge on any atom is -0.478 e. The SMILES string of the molecule is CC1C(C#N)Oc2ccc(C(=O)O)cc2N1C. The van der Waals surface area contributed by atoms with Crippen molar-refractivity contribution in [3.8, 4) is 11.8 Å². The van der Waals surface area contributed by atoms with Gasteiger partial charge in [-0.2, -0.15) is 5.26 Å². The summed E-state index contributed by atoms with van der Waals surface area (Å²) in [5.74, 6) is -0.432. The molecule has 1 aliphatic rings. The molecule has 1 aromatic rings. The van der Waals surface area contributed by atoms with Gasteiger partial charge in [-0.3, -0.25) is 0 Å². The van der Waals surface area contributed by atoms with Crippen LogP contribution in [0.5, 0.6) is 5.75 Å². The molecule has 0 saturated heterocycles. The zero-order valence-electron chi connectivity index (χ0n) is 9.54. The molecule has 88 valence electrons. The van der Waals surface area contributed by atoms with Gasteiger partial charge in [0.2, 0.25) is 6.10 Å². The molecular weight excluding hydrogens is 220 g/mol. The minimum atomic E-state index is -0.976. The fourth-order valence-electron chi connectivity index (χ4n) is 1.82. The van der Waals surface area contributed by atoms with Gasteiger partial charge in [-0.25, -0.2) is 4.79 Å². The highest BCUT2D eigenvalue weighted by molar-refractivity contribution is 5.89.